The molecule has 3 aromatic rings. The Hall–Kier alpha value is -3.47. The van der Waals surface area contributed by atoms with Crippen molar-refractivity contribution in [3.8, 4) is 28.4 Å². The molecule has 28 heavy (non-hydrogen) atoms. The molecule has 0 atom stereocenters. The molecule has 0 aliphatic rings. The Morgan fingerprint density at radius 3 is 1.96 bits per heavy atom. The fourth-order valence-corrected chi connectivity index (χ4v) is 2.86. The van der Waals surface area contributed by atoms with Gasteiger partial charge < -0.3 is 19.3 Å². The molecule has 0 aromatic heterocycles. The van der Waals surface area contributed by atoms with Crippen LogP contribution < -0.4 is 9.47 Å². The molecule has 3 rings (SSSR count). The summed E-state index contributed by atoms with van der Waals surface area (Å²) in [6.45, 7) is 2.07. The summed E-state index contributed by atoms with van der Waals surface area (Å²) in [5.74, 6) is 1.05. The lowest BCUT2D eigenvalue weighted by molar-refractivity contribution is 0.0472. The minimum absolute atomic E-state index is 0.144. The summed E-state index contributed by atoms with van der Waals surface area (Å²) in [6, 6.07) is 17.7. The van der Waals surface area contributed by atoms with E-state index in [2.05, 4.69) is 0 Å². The molecule has 5 heteroatoms. The lowest BCUT2D eigenvalue weighted by Gasteiger charge is -2.13. The zero-order valence-electron chi connectivity index (χ0n) is 16.1. The number of hydrogen-bond acceptors (Lipinski definition) is 5. The van der Waals surface area contributed by atoms with E-state index in [0.29, 0.717) is 17.1 Å². The molecule has 5 nitrogen and oxygen atoms in total. The molecule has 0 radical (unpaired) electrons. The van der Waals surface area contributed by atoms with Gasteiger partial charge in [-0.15, -0.1) is 0 Å². The SMILES string of the molecule is COc1cc(C)c(COC(=O)c2ccc(-c3ccc(O)cc3)cc2)cc1OC. The van der Waals surface area contributed by atoms with Gasteiger partial charge in [0, 0.05) is 0 Å². The number of benzene rings is 3. The molecule has 0 aliphatic carbocycles. The van der Waals surface area contributed by atoms with Crippen LogP contribution in [-0.2, 0) is 11.3 Å². The van der Waals surface area contributed by atoms with Crippen molar-refractivity contribution in [3.63, 3.8) is 0 Å². The summed E-state index contributed by atoms with van der Waals surface area (Å²) in [4.78, 5) is 12.4. The van der Waals surface area contributed by atoms with Gasteiger partial charge in [-0.2, -0.15) is 0 Å². The fraction of sp³-hybridized carbons (Fsp3) is 0.174. The topological polar surface area (TPSA) is 65.0 Å². The monoisotopic (exact) mass is 378 g/mol. The number of rotatable bonds is 6. The average molecular weight is 378 g/mol. The highest BCUT2D eigenvalue weighted by atomic mass is 16.5. The normalized spacial score (nSPS) is 10.4. The van der Waals surface area contributed by atoms with Gasteiger partial charge in [0.1, 0.15) is 12.4 Å². The standard InChI is InChI=1S/C23H22O5/c1-15-12-21(26-2)22(27-3)13-19(15)14-28-23(25)18-6-4-16(5-7-18)17-8-10-20(24)11-9-17/h4-13,24H,14H2,1-3H3. The van der Waals surface area contributed by atoms with Crippen molar-refractivity contribution >= 4 is 5.97 Å². The fourth-order valence-electron chi connectivity index (χ4n) is 2.86. The van der Waals surface area contributed by atoms with Gasteiger partial charge in [-0.1, -0.05) is 24.3 Å². The maximum Gasteiger partial charge on any atom is 0.338 e. The highest BCUT2D eigenvalue weighted by Gasteiger charge is 2.12. The first-order chi connectivity index (χ1) is 13.5. The molecule has 0 saturated carbocycles. The van der Waals surface area contributed by atoms with Gasteiger partial charge in [-0.3, -0.25) is 0 Å². The van der Waals surface area contributed by atoms with Gasteiger partial charge in [0.25, 0.3) is 0 Å². The second kappa shape index (κ2) is 8.48. The molecule has 0 bridgehead atoms. The molecule has 0 heterocycles. The largest absolute Gasteiger partial charge is 0.508 e. The zero-order chi connectivity index (χ0) is 20.1. The maximum absolute atomic E-state index is 12.4. The summed E-state index contributed by atoms with van der Waals surface area (Å²) < 4.78 is 16.0. The molecule has 0 fully saturated rings. The van der Waals surface area contributed by atoms with Gasteiger partial charge in [-0.05, 0) is 65.6 Å². The Morgan fingerprint density at radius 1 is 0.857 bits per heavy atom. The Labute approximate surface area is 164 Å². The summed E-state index contributed by atoms with van der Waals surface area (Å²) in [7, 11) is 3.15. The molecule has 0 aliphatic heterocycles. The van der Waals surface area contributed by atoms with Crippen molar-refractivity contribution in [2.24, 2.45) is 0 Å². The summed E-state index contributed by atoms with van der Waals surface area (Å²) in [5.41, 5.74) is 4.19. The smallest absolute Gasteiger partial charge is 0.338 e. The number of esters is 1. The number of aryl methyl sites for hydroxylation is 1. The molecule has 1 N–H and O–H groups in total. The van der Waals surface area contributed by atoms with Crippen molar-refractivity contribution in [2.45, 2.75) is 13.5 Å². The Kier molecular flexibility index (Phi) is 5.84. The van der Waals surface area contributed by atoms with Gasteiger partial charge in [0.2, 0.25) is 0 Å². The van der Waals surface area contributed by atoms with E-state index >= 15 is 0 Å². The Balaban J connectivity index is 1.69. The number of methoxy groups -OCH3 is 2. The summed E-state index contributed by atoms with van der Waals surface area (Å²) in [5, 5.41) is 9.38. The molecule has 0 unspecified atom stereocenters. The van der Waals surface area contributed by atoms with Gasteiger partial charge in [0.15, 0.2) is 11.5 Å². The first kappa shape index (κ1) is 19.3. The maximum atomic E-state index is 12.4. The quantitative estimate of drug-likeness (QED) is 0.628. The van der Waals surface area contributed by atoms with Crippen LogP contribution in [0.15, 0.2) is 60.7 Å². The highest BCUT2D eigenvalue weighted by molar-refractivity contribution is 5.90. The molecular formula is C23H22O5. The number of ether oxygens (including phenoxy) is 3. The number of aromatic hydroxyl groups is 1. The number of phenols is 1. The summed E-state index contributed by atoms with van der Waals surface area (Å²) >= 11 is 0. The van der Waals surface area contributed by atoms with E-state index < -0.39 is 5.97 Å². The second-order valence-electron chi connectivity index (χ2n) is 6.33. The third-order valence-corrected chi connectivity index (χ3v) is 4.52. The number of carbonyl (C=O) groups is 1. The van der Waals surface area contributed by atoms with Crippen molar-refractivity contribution in [1.82, 2.24) is 0 Å². The second-order valence-corrected chi connectivity index (χ2v) is 6.33. The molecule has 0 saturated heterocycles. The van der Waals surface area contributed by atoms with Crippen molar-refractivity contribution < 1.29 is 24.1 Å². The van der Waals surface area contributed by atoms with E-state index in [4.69, 9.17) is 14.2 Å². The van der Waals surface area contributed by atoms with Crippen molar-refractivity contribution in [1.29, 1.82) is 0 Å². The predicted molar refractivity (Wildman–Crippen MR) is 107 cm³/mol. The van der Waals surface area contributed by atoms with Gasteiger partial charge >= 0.3 is 5.97 Å². The molecule has 3 aromatic carbocycles. The number of phenolic OH excluding ortho intramolecular Hbond substituents is 1. The number of carbonyl (C=O) groups excluding carboxylic acids is 1. The third kappa shape index (κ3) is 4.26. The summed E-state index contributed by atoms with van der Waals surface area (Å²) in [6.07, 6.45) is 0. The molecule has 144 valence electrons. The van der Waals surface area contributed by atoms with E-state index in [1.807, 2.05) is 43.3 Å². The highest BCUT2D eigenvalue weighted by Crippen LogP contribution is 2.30. The van der Waals surface area contributed by atoms with Crippen LogP contribution in [0.4, 0.5) is 0 Å². The Bertz CT molecular complexity index is 960. The first-order valence-electron chi connectivity index (χ1n) is 8.80. The third-order valence-electron chi connectivity index (χ3n) is 4.52. The minimum atomic E-state index is -0.397. The predicted octanol–water partition coefficient (Wildman–Crippen LogP) is 4.74. The number of hydrogen-bond donors (Lipinski definition) is 1. The molecule has 0 spiro atoms. The van der Waals surface area contributed by atoms with E-state index in [1.54, 1.807) is 38.5 Å². The van der Waals surface area contributed by atoms with Crippen molar-refractivity contribution in [2.75, 3.05) is 14.2 Å². The van der Waals surface area contributed by atoms with E-state index in [0.717, 1.165) is 22.3 Å². The van der Waals surface area contributed by atoms with Crippen molar-refractivity contribution in [3.05, 3.63) is 77.4 Å². The van der Waals surface area contributed by atoms with Crippen LogP contribution in [-0.4, -0.2) is 25.3 Å². The molecule has 0 amide bonds. The van der Waals surface area contributed by atoms with Gasteiger partial charge in [0.05, 0.1) is 19.8 Å². The Morgan fingerprint density at radius 2 is 1.39 bits per heavy atom. The van der Waals surface area contributed by atoms with Crippen LogP contribution in [0.5, 0.6) is 17.2 Å². The minimum Gasteiger partial charge on any atom is -0.508 e. The lowest BCUT2D eigenvalue weighted by Crippen LogP contribution is -2.06. The van der Waals surface area contributed by atoms with Crippen LogP contribution in [0.2, 0.25) is 0 Å². The van der Waals surface area contributed by atoms with E-state index in [-0.39, 0.29) is 12.4 Å². The molecular weight excluding hydrogens is 356 g/mol. The van der Waals surface area contributed by atoms with E-state index in [9.17, 15) is 9.90 Å². The van der Waals surface area contributed by atoms with Crippen LogP contribution in [0.3, 0.4) is 0 Å². The van der Waals surface area contributed by atoms with Gasteiger partial charge in [-0.25, -0.2) is 4.79 Å². The van der Waals surface area contributed by atoms with Crippen LogP contribution >= 0.6 is 0 Å². The van der Waals surface area contributed by atoms with Crippen LogP contribution in [0, 0.1) is 6.92 Å². The van der Waals surface area contributed by atoms with Crippen LogP contribution in [0.25, 0.3) is 11.1 Å². The van der Waals surface area contributed by atoms with Crippen LogP contribution in [0.1, 0.15) is 21.5 Å². The average Bonchev–Trinajstić information content (AvgIpc) is 2.73. The van der Waals surface area contributed by atoms with E-state index in [1.165, 1.54) is 0 Å². The lowest BCUT2D eigenvalue weighted by atomic mass is 10.0. The first-order valence-corrected chi connectivity index (χ1v) is 8.80. The zero-order valence-corrected chi connectivity index (χ0v) is 16.1.